The molecule has 6 aliphatic rings. The Bertz CT molecular complexity index is 6820. The number of nitrogens with zero attached hydrogens (tertiary/aromatic N) is 6. The molecule has 654 valence electrons. The van der Waals surface area contributed by atoms with Crippen LogP contribution in [0.2, 0.25) is 0 Å². The molecule has 15 rings (SSSR count). The molecule has 15 heterocycles. The number of allylic oxidation sites excluding steroid dienone is 12. The Hall–Kier alpha value is -11.1. The third-order valence-corrected chi connectivity index (χ3v) is 28.7. The molecule has 9 aromatic heterocycles. The molecule has 0 spiro atoms. The van der Waals surface area contributed by atoms with Crippen molar-refractivity contribution in [1.29, 1.82) is 0 Å². The van der Waals surface area contributed by atoms with Crippen molar-refractivity contribution in [3.05, 3.63) is 206 Å². The van der Waals surface area contributed by atoms with E-state index in [9.17, 15) is 0 Å². The number of H-pyrrole nitrogens is 6. The lowest BCUT2D eigenvalue weighted by atomic mass is 9.91. The number of aromatic nitrogens is 12. The highest BCUT2D eigenvalue weighted by atomic mass is 14.9. The van der Waals surface area contributed by atoms with Gasteiger partial charge in [-0.1, -0.05) is 166 Å². The van der Waals surface area contributed by atoms with Gasteiger partial charge in [-0.05, 0) is 373 Å². The lowest BCUT2D eigenvalue weighted by molar-refractivity contribution is 0.937. The van der Waals surface area contributed by atoms with Crippen molar-refractivity contribution in [2.75, 3.05) is 0 Å². The van der Waals surface area contributed by atoms with E-state index >= 15 is 0 Å². The van der Waals surface area contributed by atoms with Crippen LogP contribution in [-0.4, -0.2) is 59.8 Å². The van der Waals surface area contributed by atoms with Crippen LogP contribution in [0.5, 0.6) is 0 Å². The molecule has 9 aromatic rings. The van der Waals surface area contributed by atoms with Gasteiger partial charge in [-0.25, -0.2) is 29.9 Å². The zero-order valence-corrected chi connectivity index (χ0v) is 80.7. The number of fused-ring (bicyclic) bond motifs is 24. The summed E-state index contributed by atoms with van der Waals surface area (Å²) in [5, 5.41) is 0. The average Bonchev–Trinajstić information content (AvgIpc) is 1.61. The van der Waals surface area contributed by atoms with E-state index in [0.717, 1.165) is 289 Å². The summed E-state index contributed by atoms with van der Waals surface area (Å²) < 4.78 is 0. The molecular formula is C114H138N12. The van der Waals surface area contributed by atoms with Gasteiger partial charge >= 0.3 is 0 Å². The maximum Gasteiger partial charge on any atom is 0.0850 e. The fourth-order valence-corrected chi connectivity index (χ4v) is 23.0. The van der Waals surface area contributed by atoms with Gasteiger partial charge in [0.25, 0.3) is 0 Å². The standard InChI is InChI=1S/C114H138N12/c1-25-63-67(29-5)95-57-99-71(33-9)79(41-17)107(119-99)87(108-80(42-18)72(34-10)100(120-108)58-96-68(30-6)64(26-2)92(116-96)55-91(63)115-95)51-49-50-52-88-109-81(43-19)73(35-11)103(121-109)61-105-77(39-15)85(47-23)113(125-105)90(114-86(48-24)78(40-16)106(126-114)62-104-74(36-12)82(44-20)110(88)122-104)54-53-89-111-83(45-21)75(37-13)101(123-111)59-97-69(31-7)65(27-3)93(117-97)56-94-66(28-4)70(32-8)98(118-94)60-102-76(38-14)84(46-22)112(89)124-102/h55-62,115,117,120-121,124,126H,25-48,53-54H2,1-24H3. The van der Waals surface area contributed by atoms with Crippen LogP contribution >= 0.6 is 0 Å². The highest BCUT2D eigenvalue weighted by Crippen LogP contribution is 2.48. The molecule has 24 bridgehead atoms. The predicted octanol–water partition coefficient (Wildman–Crippen LogP) is 29.9. The molecule has 0 aliphatic carbocycles. The molecule has 0 unspecified atom stereocenters. The molecular weight excluding hydrogens is 1540 g/mol. The first-order valence-corrected chi connectivity index (χ1v) is 49.2. The molecule has 126 heavy (non-hydrogen) atoms. The lowest BCUT2D eigenvalue weighted by Gasteiger charge is -2.13. The van der Waals surface area contributed by atoms with Crippen molar-refractivity contribution < 1.29 is 0 Å². The van der Waals surface area contributed by atoms with E-state index in [1.165, 1.54) is 156 Å². The van der Waals surface area contributed by atoms with Crippen LogP contribution in [0.1, 0.15) is 401 Å². The van der Waals surface area contributed by atoms with Crippen molar-refractivity contribution in [3.63, 3.8) is 0 Å². The van der Waals surface area contributed by atoms with E-state index in [2.05, 4.69) is 268 Å². The molecule has 0 saturated carbocycles. The first kappa shape index (κ1) is 89.7. The zero-order valence-electron chi connectivity index (χ0n) is 80.7. The SMILES string of the molecule is CCC1=C(CC)c2cc3[nH]c(c(C#CC#Cc4c5nc(cc6[nH]c(c(CCc7c8nc(cc9[nH]c(cc%10nc(cc%11[nH]c7c(CC)c%11CC)C(CC)=C%10CC)c(CC)c9CC)C(CC)=C8CC)c7nc(cc8[nH]c4c(CC)c8CC)C(CC)=C7CC)c(CC)c6CC)C(CC)=C5CC)c4nc(cc5[nH]c(cc1n2)c(CC)c5CC)C(CC)=C4CC)c(CC)c3CC. The quantitative estimate of drug-likeness (QED) is 0.0280. The second-order valence-electron chi connectivity index (χ2n) is 34.5. The Balaban J connectivity index is 1.02. The second-order valence-corrected chi connectivity index (χ2v) is 34.5. The predicted molar refractivity (Wildman–Crippen MR) is 541 cm³/mol. The maximum atomic E-state index is 6.15. The Labute approximate surface area is 750 Å². The van der Waals surface area contributed by atoms with E-state index < -0.39 is 0 Å². The monoisotopic (exact) mass is 1680 g/mol. The van der Waals surface area contributed by atoms with Crippen LogP contribution in [-0.2, 0) is 89.9 Å². The van der Waals surface area contributed by atoms with Gasteiger partial charge in [0.1, 0.15) is 0 Å². The summed E-state index contributed by atoms with van der Waals surface area (Å²) in [6.45, 7) is 55.5. The van der Waals surface area contributed by atoms with E-state index in [4.69, 9.17) is 29.9 Å². The topological polar surface area (TPSA) is 172 Å². The van der Waals surface area contributed by atoms with Crippen LogP contribution in [0, 0.1) is 23.7 Å². The summed E-state index contributed by atoms with van der Waals surface area (Å²) in [6.07, 6.45) is 21.8. The second kappa shape index (κ2) is 38.2. The summed E-state index contributed by atoms with van der Waals surface area (Å²) in [4.78, 5) is 60.1. The largest absolute Gasteiger partial charge is 0.355 e. The van der Waals surface area contributed by atoms with Crippen molar-refractivity contribution in [2.24, 2.45) is 0 Å². The summed E-state index contributed by atoms with van der Waals surface area (Å²) in [6, 6.07) is 18.9. The number of aromatic amines is 6. The fourth-order valence-electron chi connectivity index (χ4n) is 23.0. The molecule has 0 saturated heterocycles. The number of aryl methyl sites for hydroxylation is 14. The summed E-state index contributed by atoms with van der Waals surface area (Å²) >= 11 is 0. The Morgan fingerprint density at radius 3 is 0.571 bits per heavy atom. The normalized spacial score (nSPS) is 13.6. The van der Waals surface area contributed by atoms with Gasteiger partial charge in [0.2, 0.25) is 0 Å². The van der Waals surface area contributed by atoms with E-state index in [1.54, 1.807) is 0 Å². The van der Waals surface area contributed by atoms with E-state index in [1.807, 2.05) is 0 Å². The average molecular weight is 1680 g/mol. The molecule has 0 radical (unpaired) electrons. The van der Waals surface area contributed by atoms with Crippen LogP contribution in [0.15, 0.2) is 48.5 Å². The fraction of sp³-hybridized carbons (Fsp3) is 0.439. The third kappa shape index (κ3) is 15.2. The first-order chi connectivity index (χ1) is 61.4. The molecule has 0 aromatic carbocycles. The van der Waals surface area contributed by atoms with E-state index in [-0.39, 0.29) is 0 Å². The Morgan fingerprint density at radius 1 is 0.175 bits per heavy atom. The molecule has 0 atom stereocenters. The van der Waals surface area contributed by atoms with Crippen molar-refractivity contribution in [3.8, 4) is 23.7 Å². The number of rotatable bonds is 27. The first-order valence-electron chi connectivity index (χ1n) is 49.2. The summed E-state index contributed by atoms with van der Waals surface area (Å²) in [5.41, 5.74) is 61.2. The molecule has 0 amide bonds. The highest BCUT2D eigenvalue weighted by Gasteiger charge is 2.32. The van der Waals surface area contributed by atoms with Crippen molar-refractivity contribution in [1.82, 2.24) is 59.8 Å². The van der Waals surface area contributed by atoms with E-state index in [0.29, 0.717) is 12.8 Å². The number of nitrogens with one attached hydrogen (secondary N) is 6. The third-order valence-electron chi connectivity index (χ3n) is 28.7. The van der Waals surface area contributed by atoms with Gasteiger partial charge in [0.05, 0.1) is 90.5 Å². The Kier molecular flexibility index (Phi) is 27.2. The van der Waals surface area contributed by atoms with Crippen LogP contribution in [0.25, 0.3) is 133 Å². The maximum absolute atomic E-state index is 6.15. The smallest absolute Gasteiger partial charge is 0.0850 e. The number of hydrogen-bond acceptors (Lipinski definition) is 6. The van der Waals surface area contributed by atoms with Gasteiger partial charge < -0.3 is 29.9 Å². The number of hydrogen-bond donors (Lipinski definition) is 6. The molecule has 12 nitrogen and oxygen atoms in total. The van der Waals surface area contributed by atoms with Crippen molar-refractivity contribution in [2.45, 2.75) is 333 Å². The minimum absolute atomic E-state index is 0.707. The van der Waals surface area contributed by atoms with Crippen LogP contribution in [0.4, 0.5) is 0 Å². The van der Waals surface area contributed by atoms with Crippen molar-refractivity contribution >= 4 is 133 Å². The summed E-state index contributed by atoms with van der Waals surface area (Å²) in [7, 11) is 0. The van der Waals surface area contributed by atoms with Gasteiger partial charge in [-0.3, -0.25) is 0 Å². The van der Waals surface area contributed by atoms with Gasteiger partial charge in [0.15, 0.2) is 0 Å². The van der Waals surface area contributed by atoms with Gasteiger partial charge in [0, 0.05) is 66.3 Å². The summed E-state index contributed by atoms with van der Waals surface area (Å²) in [5.74, 6) is 15.1. The van der Waals surface area contributed by atoms with Crippen LogP contribution in [0.3, 0.4) is 0 Å². The molecule has 0 fully saturated rings. The van der Waals surface area contributed by atoms with Crippen LogP contribution < -0.4 is 0 Å². The van der Waals surface area contributed by atoms with Gasteiger partial charge in [-0.15, -0.1) is 0 Å². The lowest BCUT2D eigenvalue weighted by Crippen LogP contribution is -2.03. The molecule has 6 aliphatic heterocycles. The minimum Gasteiger partial charge on any atom is -0.355 e. The highest BCUT2D eigenvalue weighted by molar-refractivity contribution is 6.03. The van der Waals surface area contributed by atoms with Gasteiger partial charge in [-0.2, -0.15) is 0 Å². The molecule has 6 N–H and O–H groups in total. The minimum atomic E-state index is 0.707. The zero-order chi connectivity index (χ0) is 89.4. The Morgan fingerprint density at radius 2 is 0.349 bits per heavy atom. The molecule has 12 heteroatoms.